The molecule has 1 atom stereocenters. The molecule has 0 bridgehead atoms. The highest BCUT2D eigenvalue weighted by Gasteiger charge is 2.21. The summed E-state index contributed by atoms with van der Waals surface area (Å²) >= 11 is 0. The predicted molar refractivity (Wildman–Crippen MR) is 130 cm³/mol. The van der Waals surface area contributed by atoms with Crippen LogP contribution in [0.15, 0.2) is 53.3 Å². The molecule has 0 aliphatic carbocycles. The molecule has 182 valence electrons. The third kappa shape index (κ3) is 5.63. The van der Waals surface area contributed by atoms with Crippen LogP contribution in [0.3, 0.4) is 0 Å². The summed E-state index contributed by atoms with van der Waals surface area (Å²) in [6, 6.07) is 14.5. The molecule has 5 rings (SSSR count). The molecule has 1 aliphatic rings. The van der Waals surface area contributed by atoms with Gasteiger partial charge in [0.1, 0.15) is 5.82 Å². The van der Waals surface area contributed by atoms with Gasteiger partial charge in [-0.05, 0) is 76.5 Å². The average Bonchev–Trinajstić information content (AvgIpc) is 3.53. The minimum absolute atomic E-state index is 0.110. The van der Waals surface area contributed by atoms with Gasteiger partial charge in [0.15, 0.2) is 5.82 Å². The number of halogens is 1. The van der Waals surface area contributed by atoms with E-state index in [1.165, 1.54) is 17.7 Å². The van der Waals surface area contributed by atoms with E-state index in [0.717, 1.165) is 42.3 Å². The molecule has 0 saturated carbocycles. The molecular formula is C26H29FN6O2. The molecule has 0 unspecified atom stereocenters. The number of benzene rings is 2. The van der Waals surface area contributed by atoms with E-state index in [-0.39, 0.29) is 17.5 Å². The van der Waals surface area contributed by atoms with Gasteiger partial charge in [-0.25, -0.2) is 9.07 Å². The van der Waals surface area contributed by atoms with Gasteiger partial charge in [0.2, 0.25) is 0 Å². The van der Waals surface area contributed by atoms with Crippen LogP contribution >= 0.6 is 0 Å². The zero-order valence-electron chi connectivity index (χ0n) is 19.8. The van der Waals surface area contributed by atoms with Gasteiger partial charge in [-0.2, -0.15) is 0 Å². The molecule has 2 aromatic heterocycles. The third-order valence-electron chi connectivity index (χ3n) is 6.48. The Kier molecular flexibility index (Phi) is 6.96. The highest BCUT2D eigenvalue weighted by molar-refractivity contribution is 5.79. The second-order valence-electron chi connectivity index (χ2n) is 9.08. The van der Waals surface area contributed by atoms with Crippen LogP contribution < -0.4 is 5.56 Å². The van der Waals surface area contributed by atoms with Gasteiger partial charge in [0, 0.05) is 30.8 Å². The van der Waals surface area contributed by atoms with Crippen molar-refractivity contribution in [2.75, 3.05) is 6.61 Å². The Labute approximate surface area is 202 Å². The normalized spacial score (nSPS) is 15.9. The lowest BCUT2D eigenvalue weighted by molar-refractivity contribution is 0.0914. The maximum atomic E-state index is 13.5. The van der Waals surface area contributed by atoms with Crippen molar-refractivity contribution in [1.82, 2.24) is 30.1 Å². The van der Waals surface area contributed by atoms with Crippen molar-refractivity contribution in [2.24, 2.45) is 0 Å². The predicted octanol–water partition coefficient (Wildman–Crippen LogP) is 3.60. The highest BCUT2D eigenvalue weighted by Crippen LogP contribution is 2.18. The summed E-state index contributed by atoms with van der Waals surface area (Å²) in [5.41, 5.74) is 3.51. The van der Waals surface area contributed by atoms with Crippen LogP contribution in [0.5, 0.6) is 0 Å². The van der Waals surface area contributed by atoms with Crippen LogP contribution in [0.1, 0.15) is 42.3 Å². The van der Waals surface area contributed by atoms with Crippen molar-refractivity contribution in [3.63, 3.8) is 0 Å². The Morgan fingerprint density at radius 3 is 2.71 bits per heavy atom. The Morgan fingerprint density at radius 2 is 1.94 bits per heavy atom. The van der Waals surface area contributed by atoms with E-state index in [9.17, 15) is 9.18 Å². The van der Waals surface area contributed by atoms with Gasteiger partial charge in [0.05, 0.1) is 19.2 Å². The van der Waals surface area contributed by atoms with E-state index in [0.29, 0.717) is 37.6 Å². The first-order valence-electron chi connectivity index (χ1n) is 12.1. The van der Waals surface area contributed by atoms with E-state index in [4.69, 9.17) is 4.74 Å². The van der Waals surface area contributed by atoms with Gasteiger partial charge in [0.25, 0.3) is 5.56 Å². The van der Waals surface area contributed by atoms with Crippen LogP contribution in [-0.4, -0.2) is 42.8 Å². The number of pyridine rings is 1. The first-order chi connectivity index (χ1) is 17.1. The molecule has 0 amide bonds. The molecule has 9 heteroatoms. The van der Waals surface area contributed by atoms with E-state index in [1.807, 2.05) is 18.2 Å². The summed E-state index contributed by atoms with van der Waals surface area (Å²) in [7, 11) is 0. The largest absolute Gasteiger partial charge is 0.376 e. The number of tetrazole rings is 1. The lowest BCUT2D eigenvalue weighted by Crippen LogP contribution is -2.29. The quantitative estimate of drug-likeness (QED) is 0.397. The number of fused-ring (bicyclic) bond motifs is 1. The number of aromatic nitrogens is 5. The lowest BCUT2D eigenvalue weighted by Gasteiger charge is -2.22. The van der Waals surface area contributed by atoms with Crippen molar-refractivity contribution in [2.45, 2.75) is 58.5 Å². The molecule has 3 heterocycles. The number of rotatable bonds is 9. The monoisotopic (exact) mass is 476 g/mol. The molecular weight excluding hydrogens is 447 g/mol. The zero-order chi connectivity index (χ0) is 24.2. The topological polar surface area (TPSA) is 88.9 Å². The van der Waals surface area contributed by atoms with E-state index < -0.39 is 0 Å². The Balaban J connectivity index is 1.43. The molecule has 8 nitrogen and oxygen atoms in total. The van der Waals surface area contributed by atoms with E-state index in [2.05, 4.69) is 38.4 Å². The van der Waals surface area contributed by atoms with Gasteiger partial charge in [-0.15, -0.1) is 5.10 Å². The molecule has 2 aromatic carbocycles. The number of aryl methyl sites for hydroxylation is 1. The van der Waals surface area contributed by atoms with E-state index in [1.54, 1.807) is 16.8 Å². The summed E-state index contributed by atoms with van der Waals surface area (Å²) in [4.78, 5) is 18.0. The minimum Gasteiger partial charge on any atom is -0.376 e. The number of aromatic amines is 1. The zero-order valence-corrected chi connectivity index (χ0v) is 19.8. The molecule has 1 saturated heterocycles. The van der Waals surface area contributed by atoms with Crippen molar-refractivity contribution in [1.29, 1.82) is 0 Å². The summed E-state index contributed by atoms with van der Waals surface area (Å²) < 4.78 is 21.0. The number of nitrogens with zero attached hydrogens (tertiary/aromatic N) is 5. The molecule has 0 radical (unpaired) electrons. The number of nitrogens with one attached hydrogen (secondary N) is 1. The maximum absolute atomic E-state index is 13.5. The fourth-order valence-electron chi connectivity index (χ4n) is 4.55. The molecule has 0 spiro atoms. The molecule has 4 aromatic rings. The number of hydrogen-bond donors (Lipinski definition) is 1. The smallest absolute Gasteiger partial charge is 0.252 e. The second-order valence-corrected chi connectivity index (χ2v) is 9.08. The SMILES string of the molecule is CCc1ccc2[nH]c(=O)c(CN(Cc3ccc(F)cc3)Cc3nnnn3C[C@@H]3CCCO3)cc2c1. The Hall–Kier alpha value is -3.43. The Bertz CT molecular complexity index is 1340. The van der Waals surface area contributed by atoms with Gasteiger partial charge in [-0.1, -0.05) is 25.1 Å². The average molecular weight is 477 g/mol. The van der Waals surface area contributed by atoms with Crippen molar-refractivity contribution in [3.8, 4) is 0 Å². The third-order valence-corrected chi connectivity index (χ3v) is 6.48. The van der Waals surface area contributed by atoms with E-state index >= 15 is 0 Å². The summed E-state index contributed by atoms with van der Waals surface area (Å²) in [6.07, 6.45) is 3.07. The van der Waals surface area contributed by atoms with Crippen LogP contribution in [0.25, 0.3) is 10.9 Å². The fourth-order valence-corrected chi connectivity index (χ4v) is 4.55. The van der Waals surface area contributed by atoms with Crippen molar-refractivity contribution < 1.29 is 9.13 Å². The molecule has 1 N–H and O–H groups in total. The second kappa shape index (κ2) is 10.5. The molecule has 1 fully saturated rings. The minimum atomic E-state index is -0.279. The molecule has 1 aliphatic heterocycles. The fraction of sp³-hybridized carbons (Fsp3) is 0.385. The molecule has 35 heavy (non-hydrogen) atoms. The highest BCUT2D eigenvalue weighted by atomic mass is 19.1. The van der Waals surface area contributed by atoms with Crippen molar-refractivity contribution >= 4 is 10.9 Å². The number of H-pyrrole nitrogens is 1. The summed E-state index contributed by atoms with van der Waals surface area (Å²) in [6.45, 7) is 4.82. The van der Waals surface area contributed by atoms with Gasteiger partial charge in [-0.3, -0.25) is 9.69 Å². The first kappa shape index (κ1) is 23.3. The van der Waals surface area contributed by atoms with Gasteiger partial charge >= 0.3 is 0 Å². The standard InChI is InChI=1S/C26H29FN6O2/c1-2-18-7-10-24-20(12-18)13-21(26(34)28-24)15-32(14-19-5-8-22(27)9-6-19)17-25-29-30-31-33(25)16-23-4-3-11-35-23/h5-10,12-13,23H,2-4,11,14-17H2,1H3,(H,28,34)/t23-/m0/s1. The van der Waals surface area contributed by atoms with Gasteiger partial charge < -0.3 is 9.72 Å². The summed E-state index contributed by atoms with van der Waals surface area (Å²) in [5.74, 6) is 0.423. The van der Waals surface area contributed by atoms with Crippen LogP contribution in [0.2, 0.25) is 0 Å². The number of ether oxygens (including phenoxy) is 1. The van der Waals surface area contributed by atoms with Crippen LogP contribution in [0, 0.1) is 5.82 Å². The maximum Gasteiger partial charge on any atom is 0.252 e. The lowest BCUT2D eigenvalue weighted by atomic mass is 10.1. The Morgan fingerprint density at radius 1 is 1.11 bits per heavy atom. The first-order valence-corrected chi connectivity index (χ1v) is 12.1. The van der Waals surface area contributed by atoms with Crippen LogP contribution in [0.4, 0.5) is 4.39 Å². The van der Waals surface area contributed by atoms with Crippen molar-refractivity contribution in [3.05, 3.63) is 87.2 Å². The number of hydrogen-bond acceptors (Lipinski definition) is 6. The van der Waals surface area contributed by atoms with Crippen LogP contribution in [-0.2, 0) is 37.3 Å². The summed E-state index contributed by atoms with van der Waals surface area (Å²) in [5, 5.41) is 13.3.